The molecule has 7 heteroatoms. The molecule has 0 aliphatic carbocycles. The molecule has 1 unspecified atom stereocenters. The molecular weight excluding hydrogens is 219 g/mol. The van der Waals surface area contributed by atoms with E-state index in [1.54, 1.807) is 0 Å². The summed E-state index contributed by atoms with van der Waals surface area (Å²) in [5.74, 6) is -2.79. The van der Waals surface area contributed by atoms with Crippen molar-refractivity contribution in [3.05, 3.63) is 0 Å². The third-order valence-corrected chi connectivity index (χ3v) is 2.18. The number of likely N-dealkylation sites (N-methyl/N-ethyl adjacent to an activating group) is 1. The van der Waals surface area contributed by atoms with E-state index in [4.69, 9.17) is 0 Å². The Morgan fingerprint density at radius 3 is 2.40 bits per heavy atom. The molecule has 2 nitrogen and oxygen atoms in total. The minimum atomic E-state index is -4.28. The van der Waals surface area contributed by atoms with Gasteiger partial charge in [-0.1, -0.05) is 0 Å². The fraction of sp³-hybridized carbons (Fsp3) is 1.00. The third kappa shape index (κ3) is 4.74. The van der Waals surface area contributed by atoms with Gasteiger partial charge in [0.25, 0.3) is 5.92 Å². The van der Waals surface area contributed by atoms with Crippen LogP contribution in [0, 0.1) is 0 Å². The molecule has 1 aliphatic heterocycles. The molecule has 1 aliphatic rings. The minimum Gasteiger partial charge on any atom is -0.307 e. The summed E-state index contributed by atoms with van der Waals surface area (Å²) in [5, 5.41) is 2.50. The van der Waals surface area contributed by atoms with Gasteiger partial charge >= 0.3 is 6.18 Å². The zero-order valence-corrected chi connectivity index (χ0v) is 8.24. The second kappa shape index (κ2) is 4.21. The molecule has 0 aromatic rings. The zero-order valence-electron chi connectivity index (χ0n) is 8.24. The average Bonchev–Trinajstić information content (AvgIpc) is 2.25. The van der Waals surface area contributed by atoms with Crippen LogP contribution >= 0.6 is 0 Å². The highest BCUT2D eigenvalue weighted by Crippen LogP contribution is 2.25. The number of nitrogens with zero attached hydrogens (tertiary/aromatic N) is 1. The molecule has 1 rings (SSSR count). The Morgan fingerprint density at radius 2 is 2.00 bits per heavy atom. The highest BCUT2D eigenvalue weighted by atomic mass is 19.4. The summed E-state index contributed by atoms with van der Waals surface area (Å²) < 4.78 is 61.1. The fourth-order valence-corrected chi connectivity index (χ4v) is 1.67. The van der Waals surface area contributed by atoms with Gasteiger partial charge in [-0.25, -0.2) is 8.78 Å². The Kier molecular flexibility index (Phi) is 3.55. The van der Waals surface area contributed by atoms with Crippen LogP contribution in [0.5, 0.6) is 0 Å². The molecule has 1 N–H and O–H groups in total. The summed E-state index contributed by atoms with van der Waals surface area (Å²) in [7, 11) is 1.27. The summed E-state index contributed by atoms with van der Waals surface area (Å²) in [5.41, 5.74) is 0. The highest BCUT2D eigenvalue weighted by molar-refractivity contribution is 4.88. The molecular formula is C8H13F5N2. The largest absolute Gasteiger partial charge is 0.401 e. The van der Waals surface area contributed by atoms with Gasteiger partial charge in [0.2, 0.25) is 0 Å². The van der Waals surface area contributed by atoms with Crippen LogP contribution < -0.4 is 5.32 Å². The van der Waals surface area contributed by atoms with Gasteiger partial charge in [-0.15, -0.1) is 0 Å². The van der Waals surface area contributed by atoms with Crippen LogP contribution in [0.1, 0.15) is 6.42 Å². The summed E-state index contributed by atoms with van der Waals surface area (Å²) in [6.45, 7) is -1.54. The molecule has 90 valence electrons. The van der Waals surface area contributed by atoms with Crippen LogP contribution in [-0.4, -0.2) is 49.7 Å². The molecule has 0 bridgehead atoms. The predicted octanol–water partition coefficient (Wildman–Crippen LogP) is 1.48. The molecule has 15 heavy (non-hydrogen) atoms. The van der Waals surface area contributed by atoms with E-state index in [0.29, 0.717) is 0 Å². The Labute approximate surface area is 84.4 Å². The zero-order chi connectivity index (χ0) is 11.7. The van der Waals surface area contributed by atoms with Gasteiger partial charge in [0.15, 0.2) is 0 Å². The van der Waals surface area contributed by atoms with Crippen LogP contribution in [-0.2, 0) is 0 Å². The van der Waals surface area contributed by atoms with Gasteiger partial charge in [0.05, 0.1) is 13.1 Å². The average molecular weight is 232 g/mol. The van der Waals surface area contributed by atoms with Crippen LogP contribution in [0.3, 0.4) is 0 Å². The lowest BCUT2D eigenvalue weighted by Crippen LogP contribution is -2.39. The molecule has 0 aromatic heterocycles. The van der Waals surface area contributed by atoms with Crippen LogP contribution in [0.25, 0.3) is 0 Å². The first-order valence-electron chi connectivity index (χ1n) is 4.54. The Hall–Kier alpha value is -0.430. The molecule has 1 heterocycles. The molecule has 0 aromatic carbocycles. The maximum absolute atomic E-state index is 12.7. The van der Waals surface area contributed by atoms with E-state index < -0.39 is 37.7 Å². The number of rotatable bonds is 3. The van der Waals surface area contributed by atoms with Crippen molar-refractivity contribution in [1.82, 2.24) is 10.2 Å². The monoisotopic (exact) mass is 232 g/mol. The van der Waals surface area contributed by atoms with Crippen molar-refractivity contribution < 1.29 is 22.0 Å². The predicted molar refractivity (Wildman–Crippen MR) is 44.9 cm³/mol. The quantitative estimate of drug-likeness (QED) is 0.741. The third-order valence-electron chi connectivity index (χ3n) is 2.18. The van der Waals surface area contributed by atoms with E-state index >= 15 is 0 Å². The van der Waals surface area contributed by atoms with E-state index in [-0.39, 0.29) is 6.54 Å². The van der Waals surface area contributed by atoms with Gasteiger partial charge in [-0.3, -0.25) is 4.90 Å². The Balaban J connectivity index is 2.31. The maximum Gasteiger partial charge on any atom is 0.401 e. The normalized spacial score (nSPS) is 26.2. The van der Waals surface area contributed by atoms with Gasteiger partial charge in [-0.2, -0.15) is 13.2 Å². The number of hydrogen-bond donors (Lipinski definition) is 1. The summed E-state index contributed by atoms with van der Waals surface area (Å²) in [6, 6.07) is -0.563. The molecule has 1 atom stereocenters. The van der Waals surface area contributed by atoms with Crippen LogP contribution in [0.4, 0.5) is 22.0 Å². The molecule has 0 saturated carbocycles. The summed E-state index contributed by atoms with van der Waals surface area (Å²) >= 11 is 0. The van der Waals surface area contributed by atoms with E-state index in [9.17, 15) is 22.0 Å². The molecule has 1 fully saturated rings. The molecule has 0 amide bonds. The van der Waals surface area contributed by atoms with Crippen molar-refractivity contribution in [1.29, 1.82) is 0 Å². The van der Waals surface area contributed by atoms with Crippen molar-refractivity contribution in [2.45, 2.75) is 24.6 Å². The van der Waals surface area contributed by atoms with Crippen molar-refractivity contribution in [3.8, 4) is 0 Å². The topological polar surface area (TPSA) is 15.3 Å². The number of halogens is 5. The maximum atomic E-state index is 12.7. The lowest BCUT2D eigenvalue weighted by atomic mass is 10.2. The fourth-order valence-electron chi connectivity index (χ4n) is 1.67. The van der Waals surface area contributed by atoms with Gasteiger partial charge in [0, 0.05) is 19.0 Å². The number of alkyl halides is 5. The second-order valence-electron chi connectivity index (χ2n) is 3.95. The van der Waals surface area contributed by atoms with Gasteiger partial charge in [-0.05, 0) is 7.05 Å². The first-order valence-corrected chi connectivity index (χ1v) is 4.54. The first-order chi connectivity index (χ1) is 6.68. The smallest absolute Gasteiger partial charge is 0.307 e. The van der Waals surface area contributed by atoms with Crippen molar-refractivity contribution in [2.24, 2.45) is 0 Å². The van der Waals surface area contributed by atoms with Crippen molar-refractivity contribution in [3.63, 3.8) is 0 Å². The Morgan fingerprint density at radius 1 is 1.40 bits per heavy atom. The highest BCUT2D eigenvalue weighted by Gasteiger charge is 2.40. The number of nitrogens with one attached hydrogen (secondary N) is 1. The molecule has 1 saturated heterocycles. The van der Waals surface area contributed by atoms with Gasteiger partial charge in [0.1, 0.15) is 0 Å². The van der Waals surface area contributed by atoms with E-state index in [0.717, 1.165) is 4.90 Å². The van der Waals surface area contributed by atoms with E-state index in [2.05, 4.69) is 5.32 Å². The molecule has 0 spiro atoms. The van der Waals surface area contributed by atoms with Crippen LogP contribution in [0.15, 0.2) is 0 Å². The standard InChI is InChI=1S/C8H13F5N2/c1-15(5-8(11,12)13)3-6-2-7(9,10)4-14-6/h6,14H,2-5H2,1H3. The Bertz CT molecular complexity index is 216. The summed E-state index contributed by atoms with van der Waals surface area (Å²) in [4.78, 5) is 0.999. The van der Waals surface area contributed by atoms with Crippen molar-refractivity contribution in [2.75, 3.05) is 26.7 Å². The van der Waals surface area contributed by atoms with Crippen molar-refractivity contribution >= 4 is 0 Å². The van der Waals surface area contributed by atoms with E-state index in [1.807, 2.05) is 0 Å². The lowest BCUT2D eigenvalue weighted by Gasteiger charge is -2.21. The SMILES string of the molecule is CN(CC1CC(F)(F)CN1)CC(F)(F)F. The second-order valence-corrected chi connectivity index (χ2v) is 3.95. The summed E-state index contributed by atoms with van der Waals surface area (Å²) in [6.07, 6.45) is -4.68. The minimum absolute atomic E-state index is 0.0188. The molecule has 0 radical (unpaired) electrons. The van der Waals surface area contributed by atoms with Crippen LogP contribution in [0.2, 0.25) is 0 Å². The van der Waals surface area contributed by atoms with Gasteiger partial charge < -0.3 is 5.32 Å². The first kappa shape index (κ1) is 12.6. The number of hydrogen-bond acceptors (Lipinski definition) is 2. The lowest BCUT2D eigenvalue weighted by molar-refractivity contribution is -0.143. The van der Waals surface area contributed by atoms with E-state index in [1.165, 1.54) is 7.05 Å².